The third-order valence-corrected chi connectivity index (χ3v) is 5.64. The molecule has 116 valence electrons. The van der Waals surface area contributed by atoms with E-state index < -0.39 is 17.5 Å². The Bertz CT molecular complexity index is 549. The third-order valence-electron chi connectivity index (χ3n) is 4.65. The van der Waals surface area contributed by atoms with Crippen molar-refractivity contribution in [1.82, 2.24) is 10.2 Å². The standard InChI is InChI=1S/C14H17F3N2OS/c1-9-10-3-7-21-11(10)2-6-19(9)12(20)13(14(15,16)17)4-5-18-8-13/h3,7,9,18H,2,4-6,8H2,1H3. The molecular weight excluding hydrogens is 301 g/mol. The minimum absolute atomic E-state index is 0.172. The van der Waals surface area contributed by atoms with Gasteiger partial charge >= 0.3 is 6.18 Å². The number of halogens is 3. The lowest BCUT2D eigenvalue weighted by Gasteiger charge is -2.40. The number of alkyl halides is 3. The molecule has 0 aromatic carbocycles. The van der Waals surface area contributed by atoms with Crippen molar-refractivity contribution < 1.29 is 18.0 Å². The molecule has 7 heteroatoms. The molecule has 0 aliphatic carbocycles. The van der Waals surface area contributed by atoms with E-state index in [2.05, 4.69) is 5.32 Å². The molecule has 2 unspecified atom stereocenters. The predicted octanol–water partition coefficient (Wildman–Crippen LogP) is 2.74. The number of thiophene rings is 1. The summed E-state index contributed by atoms with van der Waals surface area (Å²) in [5.74, 6) is -0.774. The quantitative estimate of drug-likeness (QED) is 0.863. The minimum atomic E-state index is -4.51. The SMILES string of the molecule is CC1c2ccsc2CCN1C(=O)C1(C(F)(F)F)CCNC1. The maximum absolute atomic E-state index is 13.5. The highest BCUT2D eigenvalue weighted by Gasteiger charge is 2.63. The largest absolute Gasteiger partial charge is 0.404 e. The molecule has 21 heavy (non-hydrogen) atoms. The van der Waals surface area contributed by atoms with Gasteiger partial charge in [0, 0.05) is 18.0 Å². The van der Waals surface area contributed by atoms with Crippen LogP contribution in [0.25, 0.3) is 0 Å². The monoisotopic (exact) mass is 318 g/mol. The fourth-order valence-corrected chi connectivity index (χ4v) is 4.26. The number of nitrogens with zero attached hydrogens (tertiary/aromatic N) is 1. The summed E-state index contributed by atoms with van der Waals surface area (Å²) in [6.07, 6.45) is -4.04. The average Bonchev–Trinajstić information content (AvgIpc) is 3.07. The highest BCUT2D eigenvalue weighted by atomic mass is 32.1. The first-order valence-corrected chi connectivity index (χ1v) is 7.89. The highest BCUT2D eigenvalue weighted by molar-refractivity contribution is 7.10. The number of hydrogen-bond acceptors (Lipinski definition) is 3. The molecular formula is C14H17F3N2OS. The summed E-state index contributed by atoms with van der Waals surface area (Å²) < 4.78 is 40.5. The van der Waals surface area contributed by atoms with Crippen molar-refractivity contribution in [3.63, 3.8) is 0 Å². The number of carbonyl (C=O) groups is 1. The van der Waals surface area contributed by atoms with Crippen LogP contribution in [0.3, 0.4) is 0 Å². The molecule has 0 radical (unpaired) electrons. The molecule has 0 bridgehead atoms. The lowest BCUT2D eigenvalue weighted by atomic mass is 9.83. The maximum atomic E-state index is 13.5. The van der Waals surface area contributed by atoms with Crippen molar-refractivity contribution in [3.8, 4) is 0 Å². The van der Waals surface area contributed by atoms with Gasteiger partial charge in [-0.2, -0.15) is 13.2 Å². The molecule has 3 rings (SSSR count). The van der Waals surface area contributed by atoms with Gasteiger partial charge in [-0.1, -0.05) is 0 Å². The number of carbonyl (C=O) groups excluding carboxylic acids is 1. The molecule has 1 amide bonds. The van der Waals surface area contributed by atoms with E-state index in [4.69, 9.17) is 0 Å². The van der Waals surface area contributed by atoms with Crippen molar-refractivity contribution in [2.45, 2.75) is 32.0 Å². The zero-order chi connectivity index (χ0) is 15.3. The Morgan fingerprint density at radius 1 is 1.52 bits per heavy atom. The Kier molecular flexibility index (Phi) is 3.52. The molecule has 0 saturated carbocycles. The summed E-state index contributed by atoms with van der Waals surface area (Å²) in [6.45, 7) is 2.10. The van der Waals surface area contributed by atoms with Crippen LogP contribution in [0, 0.1) is 5.41 Å². The number of hydrogen-bond donors (Lipinski definition) is 1. The zero-order valence-corrected chi connectivity index (χ0v) is 12.5. The van der Waals surface area contributed by atoms with Gasteiger partial charge in [-0.25, -0.2) is 0 Å². The number of nitrogens with one attached hydrogen (secondary N) is 1. The second-order valence-electron chi connectivity index (χ2n) is 5.73. The number of amides is 1. The molecule has 1 saturated heterocycles. The summed E-state index contributed by atoms with van der Waals surface area (Å²) in [6, 6.07) is 1.63. The van der Waals surface area contributed by atoms with Crippen molar-refractivity contribution in [2.24, 2.45) is 5.41 Å². The normalized spacial score (nSPS) is 29.5. The van der Waals surface area contributed by atoms with Gasteiger partial charge in [0.15, 0.2) is 5.41 Å². The zero-order valence-electron chi connectivity index (χ0n) is 11.7. The molecule has 1 aromatic rings. The van der Waals surface area contributed by atoms with Crippen LogP contribution in [0.1, 0.15) is 29.8 Å². The highest BCUT2D eigenvalue weighted by Crippen LogP contribution is 2.46. The van der Waals surface area contributed by atoms with Crippen LogP contribution < -0.4 is 5.32 Å². The van der Waals surface area contributed by atoms with E-state index in [0.717, 1.165) is 5.56 Å². The van der Waals surface area contributed by atoms with Crippen molar-refractivity contribution in [3.05, 3.63) is 21.9 Å². The number of rotatable bonds is 1. The van der Waals surface area contributed by atoms with Gasteiger partial charge < -0.3 is 10.2 Å². The van der Waals surface area contributed by atoms with Crippen LogP contribution in [-0.2, 0) is 11.2 Å². The molecule has 1 N–H and O–H groups in total. The van der Waals surface area contributed by atoms with Gasteiger partial charge in [-0.15, -0.1) is 11.3 Å². The smallest absolute Gasteiger partial charge is 0.335 e. The lowest BCUT2D eigenvalue weighted by molar-refractivity contribution is -0.223. The Morgan fingerprint density at radius 3 is 2.90 bits per heavy atom. The molecule has 0 spiro atoms. The first-order valence-electron chi connectivity index (χ1n) is 7.01. The summed E-state index contributed by atoms with van der Waals surface area (Å²) >= 11 is 1.61. The number of fused-ring (bicyclic) bond motifs is 1. The van der Waals surface area contributed by atoms with Crippen LogP contribution >= 0.6 is 11.3 Å². The Balaban J connectivity index is 1.92. The predicted molar refractivity (Wildman–Crippen MR) is 74.1 cm³/mol. The van der Waals surface area contributed by atoms with Gasteiger partial charge in [0.05, 0.1) is 6.04 Å². The van der Waals surface area contributed by atoms with E-state index >= 15 is 0 Å². The summed E-state index contributed by atoms with van der Waals surface area (Å²) in [5.41, 5.74) is -1.27. The van der Waals surface area contributed by atoms with Crippen molar-refractivity contribution in [1.29, 1.82) is 0 Å². The van der Waals surface area contributed by atoms with Crippen LogP contribution in [0.4, 0.5) is 13.2 Å². The Hall–Kier alpha value is -1.08. The molecule has 2 aliphatic heterocycles. The molecule has 3 heterocycles. The molecule has 2 atom stereocenters. The first-order chi connectivity index (χ1) is 9.87. The van der Waals surface area contributed by atoms with Gasteiger partial charge in [-0.05, 0) is 43.3 Å². The van der Waals surface area contributed by atoms with E-state index in [-0.39, 0.29) is 25.6 Å². The van der Waals surface area contributed by atoms with Crippen molar-refractivity contribution in [2.75, 3.05) is 19.6 Å². The van der Waals surface area contributed by atoms with Gasteiger partial charge in [0.1, 0.15) is 0 Å². The van der Waals surface area contributed by atoms with Crippen LogP contribution in [0.15, 0.2) is 11.4 Å². The second-order valence-corrected chi connectivity index (χ2v) is 6.73. The second kappa shape index (κ2) is 4.98. The molecule has 2 aliphatic rings. The van der Waals surface area contributed by atoms with Crippen molar-refractivity contribution >= 4 is 17.2 Å². The lowest BCUT2D eigenvalue weighted by Crippen LogP contribution is -2.55. The first kappa shape index (κ1) is 14.8. The summed E-state index contributed by atoms with van der Waals surface area (Å²) in [7, 11) is 0. The Morgan fingerprint density at radius 2 is 2.29 bits per heavy atom. The van der Waals surface area contributed by atoms with Crippen LogP contribution in [0.2, 0.25) is 0 Å². The Labute approximate surface area is 125 Å². The molecule has 1 aromatic heterocycles. The summed E-state index contributed by atoms with van der Waals surface area (Å²) in [4.78, 5) is 15.3. The van der Waals surface area contributed by atoms with Gasteiger partial charge in [0.2, 0.25) is 5.91 Å². The average molecular weight is 318 g/mol. The van der Waals surface area contributed by atoms with Gasteiger partial charge in [-0.3, -0.25) is 4.79 Å². The van der Waals surface area contributed by atoms with E-state index in [1.807, 2.05) is 18.4 Å². The fourth-order valence-electron chi connectivity index (χ4n) is 3.30. The van der Waals surface area contributed by atoms with E-state index in [1.165, 1.54) is 9.78 Å². The minimum Gasteiger partial charge on any atom is -0.335 e. The maximum Gasteiger partial charge on any atom is 0.404 e. The fraction of sp³-hybridized carbons (Fsp3) is 0.643. The topological polar surface area (TPSA) is 32.3 Å². The molecule has 1 fully saturated rings. The third kappa shape index (κ3) is 2.17. The molecule has 3 nitrogen and oxygen atoms in total. The van der Waals surface area contributed by atoms with Crippen LogP contribution in [-0.4, -0.2) is 36.6 Å². The van der Waals surface area contributed by atoms with E-state index in [1.54, 1.807) is 11.3 Å². The van der Waals surface area contributed by atoms with E-state index in [9.17, 15) is 18.0 Å². The summed E-state index contributed by atoms with van der Waals surface area (Å²) in [5, 5.41) is 4.64. The van der Waals surface area contributed by atoms with Crippen LogP contribution in [0.5, 0.6) is 0 Å². The van der Waals surface area contributed by atoms with Gasteiger partial charge in [0.25, 0.3) is 0 Å². The van der Waals surface area contributed by atoms with E-state index in [0.29, 0.717) is 13.0 Å².